The fourth-order valence-corrected chi connectivity index (χ4v) is 5.02. The smallest absolute Gasteiger partial charge is 0.257 e. The minimum absolute atomic E-state index is 0.103. The second-order valence-electron chi connectivity index (χ2n) is 8.30. The molecule has 1 amide bonds. The van der Waals surface area contributed by atoms with Gasteiger partial charge >= 0.3 is 0 Å². The number of hydrogen-bond acceptors (Lipinski definition) is 5. The molecule has 0 radical (unpaired) electrons. The van der Waals surface area contributed by atoms with Crippen molar-refractivity contribution >= 4 is 11.7 Å². The normalized spacial score (nSPS) is 30.2. The molecule has 0 aromatic carbocycles. The summed E-state index contributed by atoms with van der Waals surface area (Å²) in [6.07, 6.45) is 6.57. The van der Waals surface area contributed by atoms with E-state index in [2.05, 4.69) is 21.8 Å². The first-order chi connectivity index (χ1) is 12.6. The predicted octanol–water partition coefficient (Wildman–Crippen LogP) is 1.60. The number of anilines is 1. The highest BCUT2D eigenvalue weighted by molar-refractivity contribution is 5.99. The van der Waals surface area contributed by atoms with Crippen LogP contribution in [0.5, 0.6) is 0 Å². The van der Waals surface area contributed by atoms with Gasteiger partial charge in [0.15, 0.2) is 0 Å². The summed E-state index contributed by atoms with van der Waals surface area (Å²) < 4.78 is 0. The maximum Gasteiger partial charge on any atom is 0.257 e. The molecule has 142 valence electrons. The van der Waals surface area contributed by atoms with Crippen molar-refractivity contribution in [1.29, 1.82) is 0 Å². The number of pyridine rings is 1. The summed E-state index contributed by atoms with van der Waals surface area (Å²) >= 11 is 0. The SMILES string of the molecule is CN1CC[C@H](O)[C@@]2(CCCN(c3ncccc3C(=O)N3CCCC3)C2)C1. The summed E-state index contributed by atoms with van der Waals surface area (Å²) in [5, 5.41) is 10.8. The largest absolute Gasteiger partial charge is 0.392 e. The van der Waals surface area contributed by atoms with Crippen LogP contribution in [0.1, 0.15) is 42.5 Å². The molecule has 0 saturated carbocycles. The van der Waals surface area contributed by atoms with E-state index in [0.717, 1.165) is 77.2 Å². The van der Waals surface area contributed by atoms with Gasteiger partial charge in [-0.2, -0.15) is 0 Å². The van der Waals surface area contributed by atoms with Crippen molar-refractivity contribution in [2.75, 3.05) is 51.2 Å². The van der Waals surface area contributed by atoms with Gasteiger partial charge in [0, 0.05) is 50.9 Å². The van der Waals surface area contributed by atoms with E-state index in [-0.39, 0.29) is 17.4 Å². The van der Waals surface area contributed by atoms with Gasteiger partial charge in [-0.05, 0) is 51.3 Å². The number of hydrogen-bond donors (Lipinski definition) is 1. The fourth-order valence-electron chi connectivity index (χ4n) is 5.02. The zero-order valence-electron chi connectivity index (χ0n) is 15.7. The zero-order chi connectivity index (χ0) is 18.1. The lowest BCUT2D eigenvalue weighted by Gasteiger charge is -2.50. The van der Waals surface area contributed by atoms with E-state index in [1.165, 1.54) is 0 Å². The average molecular weight is 358 g/mol. The molecule has 6 nitrogen and oxygen atoms in total. The maximum absolute atomic E-state index is 13.0. The highest BCUT2D eigenvalue weighted by Crippen LogP contribution is 2.40. The number of likely N-dealkylation sites (tertiary alicyclic amines) is 2. The Hall–Kier alpha value is -1.66. The summed E-state index contributed by atoms with van der Waals surface area (Å²) in [6, 6.07) is 3.77. The third kappa shape index (κ3) is 3.21. The van der Waals surface area contributed by atoms with Crippen molar-refractivity contribution < 1.29 is 9.90 Å². The molecule has 1 aromatic rings. The molecule has 0 bridgehead atoms. The summed E-state index contributed by atoms with van der Waals surface area (Å²) in [4.78, 5) is 24.1. The first kappa shape index (κ1) is 17.7. The third-order valence-corrected chi connectivity index (χ3v) is 6.39. The molecule has 6 heteroatoms. The van der Waals surface area contributed by atoms with Crippen molar-refractivity contribution in [3.05, 3.63) is 23.9 Å². The van der Waals surface area contributed by atoms with Crippen molar-refractivity contribution in [3.63, 3.8) is 0 Å². The van der Waals surface area contributed by atoms with Gasteiger partial charge < -0.3 is 19.8 Å². The molecule has 3 aliphatic rings. The van der Waals surface area contributed by atoms with Crippen molar-refractivity contribution in [2.24, 2.45) is 5.41 Å². The standard InChI is InChI=1S/C20H30N4O2/c1-22-13-7-17(25)20(14-22)8-5-12-24(15-20)18-16(6-4-9-21-18)19(26)23-10-2-3-11-23/h4,6,9,17,25H,2-3,5,7-8,10-15H2,1H3/t17-,20-/m0/s1. The van der Waals surface area contributed by atoms with Gasteiger partial charge in [-0.25, -0.2) is 4.98 Å². The molecule has 26 heavy (non-hydrogen) atoms. The van der Waals surface area contributed by atoms with Gasteiger partial charge in [0.05, 0.1) is 11.7 Å². The van der Waals surface area contributed by atoms with E-state index >= 15 is 0 Å². The van der Waals surface area contributed by atoms with Crippen LogP contribution in [0.15, 0.2) is 18.3 Å². The van der Waals surface area contributed by atoms with Gasteiger partial charge in [-0.3, -0.25) is 4.79 Å². The second kappa shape index (κ2) is 7.16. The number of piperidine rings is 2. The Labute approximate surface area is 155 Å². The van der Waals surface area contributed by atoms with Crippen LogP contribution in [0.4, 0.5) is 5.82 Å². The van der Waals surface area contributed by atoms with Gasteiger partial charge in [0.25, 0.3) is 5.91 Å². The number of nitrogens with zero attached hydrogens (tertiary/aromatic N) is 4. The molecular weight excluding hydrogens is 328 g/mol. The number of aliphatic hydroxyl groups is 1. The van der Waals surface area contributed by atoms with Crippen LogP contribution in [0.25, 0.3) is 0 Å². The van der Waals surface area contributed by atoms with Crippen LogP contribution in [-0.2, 0) is 0 Å². The van der Waals surface area contributed by atoms with Crippen molar-refractivity contribution in [2.45, 2.75) is 38.2 Å². The average Bonchev–Trinajstić information content (AvgIpc) is 3.19. The van der Waals surface area contributed by atoms with Crippen LogP contribution in [0.3, 0.4) is 0 Å². The molecule has 4 heterocycles. The van der Waals surface area contributed by atoms with Crippen LogP contribution < -0.4 is 4.90 Å². The predicted molar refractivity (Wildman–Crippen MR) is 101 cm³/mol. The topological polar surface area (TPSA) is 59.9 Å². The molecule has 1 N–H and O–H groups in total. The third-order valence-electron chi connectivity index (χ3n) is 6.39. The van der Waals surface area contributed by atoms with E-state index in [1.54, 1.807) is 6.20 Å². The quantitative estimate of drug-likeness (QED) is 0.870. The minimum Gasteiger partial charge on any atom is -0.392 e. The molecule has 2 atom stereocenters. The summed E-state index contributed by atoms with van der Waals surface area (Å²) in [5.41, 5.74) is 0.599. The summed E-state index contributed by atoms with van der Waals surface area (Å²) in [6.45, 7) is 5.23. The number of aromatic nitrogens is 1. The second-order valence-corrected chi connectivity index (χ2v) is 8.30. The summed E-state index contributed by atoms with van der Waals surface area (Å²) in [5.74, 6) is 0.899. The van der Waals surface area contributed by atoms with E-state index in [0.29, 0.717) is 5.56 Å². The molecule has 3 saturated heterocycles. The van der Waals surface area contributed by atoms with Crippen LogP contribution in [0, 0.1) is 5.41 Å². The molecule has 0 aliphatic carbocycles. The molecular formula is C20H30N4O2. The van der Waals surface area contributed by atoms with Gasteiger partial charge in [-0.15, -0.1) is 0 Å². The molecule has 3 fully saturated rings. The molecule has 0 unspecified atom stereocenters. The Morgan fingerprint density at radius 1 is 1.19 bits per heavy atom. The van der Waals surface area contributed by atoms with E-state index in [1.807, 2.05) is 17.0 Å². The molecule has 1 spiro atoms. The number of carbonyl (C=O) groups is 1. The zero-order valence-corrected chi connectivity index (χ0v) is 15.7. The van der Waals surface area contributed by atoms with Crippen LogP contribution in [0.2, 0.25) is 0 Å². The van der Waals surface area contributed by atoms with Gasteiger partial charge in [-0.1, -0.05) is 0 Å². The number of aliphatic hydroxyl groups excluding tert-OH is 1. The van der Waals surface area contributed by atoms with Crippen LogP contribution >= 0.6 is 0 Å². The maximum atomic E-state index is 13.0. The van der Waals surface area contributed by atoms with E-state index in [9.17, 15) is 9.90 Å². The first-order valence-corrected chi connectivity index (χ1v) is 9.95. The lowest BCUT2D eigenvalue weighted by molar-refractivity contribution is -0.0466. The lowest BCUT2D eigenvalue weighted by Crippen LogP contribution is -2.58. The Morgan fingerprint density at radius 3 is 2.81 bits per heavy atom. The molecule has 1 aromatic heterocycles. The number of carbonyl (C=O) groups excluding carboxylic acids is 1. The van der Waals surface area contributed by atoms with E-state index < -0.39 is 0 Å². The van der Waals surface area contributed by atoms with Crippen molar-refractivity contribution in [1.82, 2.24) is 14.8 Å². The minimum atomic E-state index is -0.275. The molecule has 4 rings (SSSR count). The van der Waals surface area contributed by atoms with Crippen molar-refractivity contribution in [3.8, 4) is 0 Å². The highest BCUT2D eigenvalue weighted by Gasteiger charge is 2.45. The Morgan fingerprint density at radius 2 is 2.00 bits per heavy atom. The van der Waals surface area contributed by atoms with Gasteiger partial charge in [0.1, 0.15) is 5.82 Å². The Kier molecular flexibility index (Phi) is 4.88. The number of rotatable bonds is 2. The lowest BCUT2D eigenvalue weighted by atomic mass is 9.71. The fraction of sp³-hybridized carbons (Fsp3) is 0.700. The number of amides is 1. The summed E-state index contributed by atoms with van der Waals surface area (Å²) in [7, 11) is 2.13. The Balaban J connectivity index is 1.60. The molecule has 3 aliphatic heterocycles. The van der Waals surface area contributed by atoms with Gasteiger partial charge in [0.2, 0.25) is 0 Å². The Bertz CT molecular complexity index is 661. The highest BCUT2D eigenvalue weighted by atomic mass is 16.3. The van der Waals surface area contributed by atoms with E-state index in [4.69, 9.17) is 0 Å². The van der Waals surface area contributed by atoms with Crippen LogP contribution in [-0.4, -0.2) is 78.2 Å². The first-order valence-electron chi connectivity index (χ1n) is 9.95. The monoisotopic (exact) mass is 358 g/mol.